The molecule has 6 heteroatoms. The van der Waals surface area contributed by atoms with Gasteiger partial charge in [0.25, 0.3) is 5.91 Å². The highest BCUT2D eigenvalue weighted by Crippen LogP contribution is 2.18. The number of hydrogen-bond donors (Lipinski definition) is 2. The molecular formula is C15H18N4O2. The fourth-order valence-corrected chi connectivity index (χ4v) is 1.83. The van der Waals surface area contributed by atoms with E-state index in [2.05, 4.69) is 20.8 Å². The number of methoxy groups -OCH3 is 1. The first-order valence-electron chi connectivity index (χ1n) is 6.72. The van der Waals surface area contributed by atoms with Crippen LogP contribution in [0, 0.1) is 0 Å². The molecule has 1 aromatic heterocycles. The van der Waals surface area contributed by atoms with Gasteiger partial charge in [-0.05, 0) is 25.1 Å². The lowest BCUT2D eigenvalue weighted by atomic mass is 10.2. The van der Waals surface area contributed by atoms with Crippen LogP contribution < -0.4 is 15.4 Å². The summed E-state index contributed by atoms with van der Waals surface area (Å²) in [5.74, 6) is 1.20. The largest absolute Gasteiger partial charge is 0.496 e. The fraction of sp³-hybridized carbons (Fsp3) is 0.267. The van der Waals surface area contributed by atoms with Crippen molar-refractivity contribution in [2.75, 3.05) is 19.0 Å². The summed E-state index contributed by atoms with van der Waals surface area (Å²) in [6.07, 6.45) is 0. The second-order valence-corrected chi connectivity index (χ2v) is 4.33. The number of nitrogens with one attached hydrogen (secondary N) is 2. The molecule has 0 atom stereocenters. The van der Waals surface area contributed by atoms with Gasteiger partial charge in [0, 0.05) is 18.7 Å². The summed E-state index contributed by atoms with van der Waals surface area (Å²) in [4.78, 5) is 11.6. The first-order valence-corrected chi connectivity index (χ1v) is 6.72. The number of rotatable bonds is 6. The van der Waals surface area contributed by atoms with E-state index >= 15 is 0 Å². The Morgan fingerprint density at radius 3 is 2.67 bits per heavy atom. The molecule has 1 heterocycles. The predicted octanol–water partition coefficient (Wildman–Crippen LogP) is 1.85. The van der Waals surface area contributed by atoms with E-state index in [1.54, 1.807) is 19.2 Å². The van der Waals surface area contributed by atoms with Crippen LogP contribution in [0.3, 0.4) is 0 Å². The zero-order chi connectivity index (χ0) is 15.1. The number of nitrogens with zero attached hydrogens (tertiary/aromatic N) is 2. The first-order chi connectivity index (χ1) is 10.2. The Balaban J connectivity index is 1.99. The van der Waals surface area contributed by atoms with Gasteiger partial charge in [0.2, 0.25) is 0 Å². The van der Waals surface area contributed by atoms with Gasteiger partial charge in [-0.25, -0.2) is 0 Å². The van der Waals surface area contributed by atoms with E-state index in [0.29, 0.717) is 24.6 Å². The topological polar surface area (TPSA) is 76.1 Å². The van der Waals surface area contributed by atoms with Crippen molar-refractivity contribution in [1.29, 1.82) is 0 Å². The average Bonchev–Trinajstić information content (AvgIpc) is 2.54. The van der Waals surface area contributed by atoms with Crippen molar-refractivity contribution < 1.29 is 9.53 Å². The molecule has 6 nitrogen and oxygen atoms in total. The molecule has 0 bridgehead atoms. The van der Waals surface area contributed by atoms with Gasteiger partial charge in [0.1, 0.15) is 11.6 Å². The molecule has 2 aromatic rings. The van der Waals surface area contributed by atoms with E-state index in [1.165, 1.54) is 0 Å². The standard InChI is InChI=1S/C15H18N4O2/c1-3-16-15(20)12-8-9-14(19-18-12)17-10-11-6-4-5-7-13(11)21-2/h4-9H,3,10H2,1-2H3,(H,16,20)(H,17,19). The van der Waals surface area contributed by atoms with Crippen LogP contribution in [0.15, 0.2) is 36.4 Å². The Kier molecular flexibility index (Phi) is 5.09. The van der Waals surface area contributed by atoms with Gasteiger partial charge < -0.3 is 15.4 Å². The smallest absolute Gasteiger partial charge is 0.271 e. The normalized spacial score (nSPS) is 10.0. The number of para-hydroxylation sites is 1. The molecule has 110 valence electrons. The van der Waals surface area contributed by atoms with Gasteiger partial charge in [-0.1, -0.05) is 18.2 Å². The van der Waals surface area contributed by atoms with Crippen LogP contribution in [0.1, 0.15) is 23.0 Å². The van der Waals surface area contributed by atoms with E-state index < -0.39 is 0 Å². The molecule has 1 aromatic carbocycles. The van der Waals surface area contributed by atoms with Crippen molar-refractivity contribution in [2.24, 2.45) is 0 Å². The molecule has 0 spiro atoms. The van der Waals surface area contributed by atoms with Crippen LogP contribution in [0.2, 0.25) is 0 Å². The summed E-state index contributed by atoms with van der Waals surface area (Å²) in [6.45, 7) is 2.99. The highest BCUT2D eigenvalue weighted by molar-refractivity contribution is 5.92. The van der Waals surface area contributed by atoms with Crippen LogP contribution in [-0.4, -0.2) is 29.8 Å². The third-order valence-electron chi connectivity index (χ3n) is 2.89. The molecule has 0 aliphatic carbocycles. The highest BCUT2D eigenvalue weighted by Gasteiger charge is 2.07. The minimum atomic E-state index is -0.221. The summed E-state index contributed by atoms with van der Waals surface area (Å²) < 4.78 is 5.28. The van der Waals surface area contributed by atoms with Crippen LogP contribution in [0.25, 0.3) is 0 Å². The minimum absolute atomic E-state index is 0.221. The zero-order valence-electron chi connectivity index (χ0n) is 12.1. The van der Waals surface area contributed by atoms with Crippen molar-refractivity contribution in [1.82, 2.24) is 15.5 Å². The van der Waals surface area contributed by atoms with Crippen LogP contribution in [-0.2, 0) is 6.54 Å². The van der Waals surface area contributed by atoms with Crippen molar-refractivity contribution in [3.8, 4) is 5.75 Å². The van der Waals surface area contributed by atoms with Crippen LogP contribution in [0.5, 0.6) is 5.75 Å². The Labute approximate surface area is 123 Å². The monoisotopic (exact) mass is 286 g/mol. The number of hydrogen-bond acceptors (Lipinski definition) is 5. The van der Waals surface area contributed by atoms with E-state index in [1.807, 2.05) is 31.2 Å². The highest BCUT2D eigenvalue weighted by atomic mass is 16.5. The molecule has 2 N–H and O–H groups in total. The summed E-state index contributed by atoms with van der Waals surface area (Å²) in [5, 5.41) is 13.7. The van der Waals surface area contributed by atoms with Crippen LogP contribution in [0.4, 0.5) is 5.82 Å². The molecule has 0 unspecified atom stereocenters. The SMILES string of the molecule is CCNC(=O)c1ccc(NCc2ccccc2OC)nn1. The zero-order valence-corrected chi connectivity index (χ0v) is 12.1. The second-order valence-electron chi connectivity index (χ2n) is 4.33. The Morgan fingerprint density at radius 1 is 1.19 bits per heavy atom. The maximum atomic E-state index is 11.6. The quantitative estimate of drug-likeness (QED) is 0.847. The number of anilines is 1. The maximum Gasteiger partial charge on any atom is 0.271 e. The van der Waals surface area contributed by atoms with Gasteiger partial charge >= 0.3 is 0 Å². The van der Waals surface area contributed by atoms with Crippen molar-refractivity contribution in [3.05, 3.63) is 47.7 Å². The lowest BCUT2D eigenvalue weighted by Crippen LogP contribution is -2.24. The average molecular weight is 286 g/mol. The molecular weight excluding hydrogens is 268 g/mol. The molecule has 2 rings (SSSR count). The van der Waals surface area contributed by atoms with Crippen molar-refractivity contribution >= 4 is 11.7 Å². The molecule has 0 radical (unpaired) electrons. The summed E-state index contributed by atoms with van der Waals surface area (Å²) >= 11 is 0. The van der Waals surface area contributed by atoms with E-state index in [-0.39, 0.29) is 5.91 Å². The van der Waals surface area contributed by atoms with Gasteiger partial charge in [0.05, 0.1) is 7.11 Å². The van der Waals surface area contributed by atoms with Gasteiger partial charge in [-0.3, -0.25) is 4.79 Å². The van der Waals surface area contributed by atoms with E-state index in [9.17, 15) is 4.79 Å². The first kappa shape index (κ1) is 14.8. The fourth-order valence-electron chi connectivity index (χ4n) is 1.83. The van der Waals surface area contributed by atoms with Gasteiger partial charge in [-0.2, -0.15) is 0 Å². The molecule has 21 heavy (non-hydrogen) atoms. The lowest BCUT2D eigenvalue weighted by molar-refractivity contribution is 0.0950. The number of amides is 1. The Bertz CT molecular complexity index is 599. The summed E-state index contributed by atoms with van der Waals surface area (Å²) in [5.41, 5.74) is 1.33. The van der Waals surface area contributed by atoms with Gasteiger partial charge in [-0.15, -0.1) is 10.2 Å². The van der Waals surface area contributed by atoms with Gasteiger partial charge in [0.15, 0.2) is 5.69 Å². The molecule has 0 aliphatic heterocycles. The third kappa shape index (κ3) is 3.92. The summed E-state index contributed by atoms with van der Waals surface area (Å²) in [7, 11) is 1.64. The molecule has 0 fully saturated rings. The number of carbonyl (C=O) groups is 1. The maximum absolute atomic E-state index is 11.6. The number of benzene rings is 1. The Hall–Kier alpha value is -2.63. The van der Waals surface area contributed by atoms with Crippen molar-refractivity contribution in [3.63, 3.8) is 0 Å². The van der Waals surface area contributed by atoms with Crippen molar-refractivity contribution in [2.45, 2.75) is 13.5 Å². The lowest BCUT2D eigenvalue weighted by Gasteiger charge is -2.09. The molecule has 0 aliphatic rings. The Morgan fingerprint density at radius 2 is 2.00 bits per heavy atom. The third-order valence-corrected chi connectivity index (χ3v) is 2.89. The number of aromatic nitrogens is 2. The summed E-state index contributed by atoms with van der Waals surface area (Å²) in [6, 6.07) is 11.1. The van der Waals surface area contributed by atoms with Crippen LogP contribution >= 0.6 is 0 Å². The number of ether oxygens (including phenoxy) is 1. The minimum Gasteiger partial charge on any atom is -0.496 e. The second kappa shape index (κ2) is 7.23. The predicted molar refractivity (Wildman–Crippen MR) is 80.4 cm³/mol. The molecule has 0 saturated heterocycles. The van der Waals surface area contributed by atoms with E-state index in [0.717, 1.165) is 11.3 Å². The molecule has 1 amide bonds. The van der Waals surface area contributed by atoms with E-state index in [4.69, 9.17) is 4.74 Å². The molecule has 0 saturated carbocycles. The number of carbonyl (C=O) groups excluding carboxylic acids is 1.